The predicted octanol–water partition coefficient (Wildman–Crippen LogP) is 4.35. The fraction of sp³-hybridized carbons (Fsp3) is 1.00. The van der Waals surface area contributed by atoms with Gasteiger partial charge in [-0.2, -0.15) is 0 Å². The number of likely N-dealkylation sites (tertiary alicyclic amines) is 1. The summed E-state index contributed by atoms with van der Waals surface area (Å²) in [4.78, 5) is 2.63. The van der Waals surface area contributed by atoms with Crippen molar-refractivity contribution < 1.29 is 0 Å². The summed E-state index contributed by atoms with van der Waals surface area (Å²) < 4.78 is 0. The van der Waals surface area contributed by atoms with Gasteiger partial charge in [0.05, 0.1) is 0 Å². The molecule has 2 nitrogen and oxygen atoms in total. The maximum absolute atomic E-state index is 3.86. The van der Waals surface area contributed by atoms with Gasteiger partial charge >= 0.3 is 0 Å². The van der Waals surface area contributed by atoms with Gasteiger partial charge in [-0.1, -0.05) is 57.8 Å². The van der Waals surface area contributed by atoms with Crippen molar-refractivity contribution in [1.29, 1.82) is 0 Å². The molecule has 0 aromatic carbocycles. The first-order valence-corrected chi connectivity index (χ1v) is 9.41. The van der Waals surface area contributed by atoms with Crippen molar-refractivity contribution in [2.45, 2.75) is 89.5 Å². The topological polar surface area (TPSA) is 15.3 Å². The number of rotatable bonds is 4. The van der Waals surface area contributed by atoms with Crippen LogP contribution in [0.1, 0.15) is 83.5 Å². The molecule has 1 saturated carbocycles. The Bertz CT molecular complexity index is 211. The van der Waals surface area contributed by atoms with Crippen molar-refractivity contribution >= 4 is 0 Å². The molecule has 0 aromatic rings. The van der Waals surface area contributed by atoms with E-state index in [0.29, 0.717) is 0 Å². The van der Waals surface area contributed by atoms with E-state index in [0.717, 1.165) is 6.04 Å². The average Bonchev–Trinajstić information content (AvgIpc) is 2.94. The van der Waals surface area contributed by atoms with Crippen LogP contribution in [0.3, 0.4) is 0 Å². The lowest BCUT2D eigenvalue weighted by atomic mass is 9.98. The van der Waals surface area contributed by atoms with Gasteiger partial charge in [0, 0.05) is 19.1 Å². The van der Waals surface area contributed by atoms with Gasteiger partial charge in [-0.05, 0) is 38.8 Å². The SMILES string of the molecule is C1CCCCCC(NCCN2CCCC2)CCCCC1. The van der Waals surface area contributed by atoms with Crippen LogP contribution in [-0.4, -0.2) is 37.1 Å². The second-order valence-electron chi connectivity index (χ2n) is 6.96. The lowest BCUT2D eigenvalue weighted by molar-refractivity contribution is 0.316. The Morgan fingerprint density at radius 3 is 1.70 bits per heavy atom. The second kappa shape index (κ2) is 10.6. The third-order valence-electron chi connectivity index (χ3n) is 5.16. The quantitative estimate of drug-likeness (QED) is 0.824. The summed E-state index contributed by atoms with van der Waals surface area (Å²) in [6, 6.07) is 0.803. The molecule has 2 rings (SSSR count). The standard InChI is InChI=1S/C18H36N2/c1-2-4-6-8-12-18(13-9-7-5-3-1)19-14-17-20-15-10-11-16-20/h18-19H,1-17H2. The third-order valence-corrected chi connectivity index (χ3v) is 5.16. The van der Waals surface area contributed by atoms with Gasteiger partial charge in [-0.15, -0.1) is 0 Å². The number of hydrogen-bond acceptors (Lipinski definition) is 2. The van der Waals surface area contributed by atoms with Gasteiger partial charge < -0.3 is 10.2 Å². The summed E-state index contributed by atoms with van der Waals surface area (Å²) >= 11 is 0. The van der Waals surface area contributed by atoms with Gasteiger partial charge in [-0.3, -0.25) is 0 Å². The van der Waals surface area contributed by atoms with Crippen molar-refractivity contribution in [1.82, 2.24) is 10.2 Å². The molecule has 0 atom stereocenters. The molecule has 20 heavy (non-hydrogen) atoms. The van der Waals surface area contributed by atoms with E-state index < -0.39 is 0 Å². The molecule has 0 bridgehead atoms. The maximum Gasteiger partial charge on any atom is 0.0107 e. The van der Waals surface area contributed by atoms with Crippen LogP contribution < -0.4 is 5.32 Å². The fourth-order valence-corrected chi connectivity index (χ4v) is 3.80. The summed E-state index contributed by atoms with van der Waals surface area (Å²) in [5.41, 5.74) is 0. The van der Waals surface area contributed by atoms with E-state index in [1.165, 1.54) is 110 Å². The van der Waals surface area contributed by atoms with Gasteiger partial charge in [0.25, 0.3) is 0 Å². The Morgan fingerprint density at radius 2 is 1.15 bits per heavy atom. The van der Waals surface area contributed by atoms with Gasteiger partial charge in [-0.25, -0.2) is 0 Å². The third kappa shape index (κ3) is 7.08. The second-order valence-corrected chi connectivity index (χ2v) is 6.96. The Balaban J connectivity index is 1.60. The van der Waals surface area contributed by atoms with Crippen LogP contribution in [0, 0.1) is 0 Å². The smallest absolute Gasteiger partial charge is 0.0107 e. The monoisotopic (exact) mass is 280 g/mol. The molecule has 2 heteroatoms. The summed E-state index contributed by atoms with van der Waals surface area (Å²) in [5.74, 6) is 0. The summed E-state index contributed by atoms with van der Waals surface area (Å²) in [7, 11) is 0. The molecule has 1 N–H and O–H groups in total. The molecule has 1 aliphatic heterocycles. The molecule has 1 aliphatic carbocycles. The molecule has 118 valence electrons. The zero-order valence-corrected chi connectivity index (χ0v) is 13.5. The number of nitrogens with one attached hydrogen (secondary N) is 1. The van der Waals surface area contributed by atoms with Crippen molar-refractivity contribution in [2.24, 2.45) is 0 Å². The predicted molar refractivity (Wildman–Crippen MR) is 88.3 cm³/mol. The molecule has 0 spiro atoms. The molecule has 0 unspecified atom stereocenters. The van der Waals surface area contributed by atoms with Crippen LogP contribution in [0.15, 0.2) is 0 Å². The van der Waals surface area contributed by atoms with E-state index in [4.69, 9.17) is 0 Å². The summed E-state index contributed by atoms with van der Waals surface area (Å²) in [6.07, 6.45) is 18.9. The zero-order chi connectivity index (χ0) is 13.9. The van der Waals surface area contributed by atoms with E-state index >= 15 is 0 Å². The lowest BCUT2D eigenvalue weighted by Gasteiger charge is -2.22. The summed E-state index contributed by atoms with van der Waals surface area (Å²) in [5, 5.41) is 3.86. The molecule has 2 aliphatic rings. The minimum absolute atomic E-state index is 0.803. The average molecular weight is 280 g/mol. The first kappa shape index (κ1) is 16.3. The van der Waals surface area contributed by atoms with Crippen LogP contribution in [0.2, 0.25) is 0 Å². The van der Waals surface area contributed by atoms with Crippen molar-refractivity contribution in [2.75, 3.05) is 26.2 Å². The highest BCUT2D eigenvalue weighted by Gasteiger charge is 2.12. The van der Waals surface area contributed by atoms with Crippen molar-refractivity contribution in [3.05, 3.63) is 0 Å². The highest BCUT2D eigenvalue weighted by molar-refractivity contribution is 4.71. The first-order valence-electron chi connectivity index (χ1n) is 9.41. The Hall–Kier alpha value is -0.0800. The normalized spacial score (nSPS) is 25.2. The van der Waals surface area contributed by atoms with E-state index in [1.807, 2.05) is 0 Å². The van der Waals surface area contributed by atoms with Gasteiger partial charge in [0.15, 0.2) is 0 Å². The number of hydrogen-bond donors (Lipinski definition) is 1. The van der Waals surface area contributed by atoms with Gasteiger partial charge in [0.2, 0.25) is 0 Å². The molecular weight excluding hydrogens is 244 g/mol. The highest BCUT2D eigenvalue weighted by Crippen LogP contribution is 2.17. The molecule has 1 heterocycles. The van der Waals surface area contributed by atoms with Crippen LogP contribution in [-0.2, 0) is 0 Å². The molecule has 0 aromatic heterocycles. The molecular formula is C18H36N2. The van der Waals surface area contributed by atoms with E-state index in [2.05, 4.69) is 10.2 Å². The van der Waals surface area contributed by atoms with Crippen LogP contribution in [0.5, 0.6) is 0 Å². The summed E-state index contributed by atoms with van der Waals surface area (Å²) in [6.45, 7) is 5.17. The molecule has 1 saturated heterocycles. The minimum Gasteiger partial charge on any atom is -0.313 e. The van der Waals surface area contributed by atoms with Crippen molar-refractivity contribution in [3.8, 4) is 0 Å². The van der Waals surface area contributed by atoms with E-state index in [9.17, 15) is 0 Å². The van der Waals surface area contributed by atoms with Crippen LogP contribution in [0.4, 0.5) is 0 Å². The number of nitrogens with zero attached hydrogens (tertiary/aromatic N) is 1. The van der Waals surface area contributed by atoms with Crippen LogP contribution >= 0.6 is 0 Å². The van der Waals surface area contributed by atoms with Crippen LogP contribution in [0.25, 0.3) is 0 Å². The minimum atomic E-state index is 0.803. The molecule has 2 fully saturated rings. The Kier molecular flexibility index (Phi) is 8.65. The zero-order valence-electron chi connectivity index (χ0n) is 13.5. The van der Waals surface area contributed by atoms with Crippen molar-refractivity contribution in [3.63, 3.8) is 0 Å². The highest BCUT2D eigenvalue weighted by atomic mass is 15.2. The maximum atomic E-state index is 3.86. The Morgan fingerprint density at radius 1 is 0.650 bits per heavy atom. The Labute approximate surface area is 126 Å². The van der Waals surface area contributed by atoms with Gasteiger partial charge in [0.1, 0.15) is 0 Å². The lowest BCUT2D eigenvalue weighted by Crippen LogP contribution is -2.36. The fourth-order valence-electron chi connectivity index (χ4n) is 3.80. The molecule has 0 amide bonds. The largest absolute Gasteiger partial charge is 0.313 e. The van der Waals surface area contributed by atoms with E-state index in [1.54, 1.807) is 0 Å². The first-order chi connectivity index (χ1) is 9.95. The molecule has 0 radical (unpaired) electrons. The van der Waals surface area contributed by atoms with E-state index in [-0.39, 0.29) is 0 Å².